The highest BCUT2D eigenvalue weighted by molar-refractivity contribution is 6.13. The summed E-state index contributed by atoms with van der Waals surface area (Å²) in [7, 11) is 0. The third-order valence-electron chi connectivity index (χ3n) is 5.81. The second kappa shape index (κ2) is 4.17. The van der Waals surface area contributed by atoms with Gasteiger partial charge in [-0.05, 0) is 48.4 Å². The molecule has 1 aromatic carbocycles. The van der Waals surface area contributed by atoms with E-state index in [-0.39, 0.29) is 17.2 Å². The zero-order valence-corrected chi connectivity index (χ0v) is 12.5. The zero-order chi connectivity index (χ0) is 16.7. The Labute approximate surface area is 134 Å². The van der Waals surface area contributed by atoms with E-state index in [2.05, 4.69) is 20.6 Å². The predicted octanol–water partition coefficient (Wildman–Crippen LogP) is 3.46. The maximum absolute atomic E-state index is 13.9. The first-order valence-corrected chi connectivity index (χ1v) is 7.82. The highest BCUT2D eigenvalue weighted by Crippen LogP contribution is 2.64. The molecule has 0 saturated heterocycles. The number of benzene rings is 1. The quantitative estimate of drug-likeness (QED) is 0.572. The molecule has 2 unspecified atom stereocenters. The number of H-pyrrole nitrogens is 1. The molecule has 5 nitrogen and oxygen atoms in total. The minimum atomic E-state index is -4.55. The number of hydrogen-bond donors (Lipinski definition) is 2. The molecule has 1 heterocycles. The molecule has 24 heavy (non-hydrogen) atoms. The van der Waals surface area contributed by atoms with E-state index in [9.17, 15) is 18.4 Å². The first-order chi connectivity index (χ1) is 11.4. The lowest BCUT2D eigenvalue weighted by molar-refractivity contribution is -0.0870. The molecule has 1 fully saturated rings. The third-order valence-corrected chi connectivity index (χ3v) is 5.81. The lowest BCUT2D eigenvalue weighted by Crippen LogP contribution is -2.34. The summed E-state index contributed by atoms with van der Waals surface area (Å²) in [6.45, 7) is 0. The number of nitrogens with one attached hydrogen (secondary N) is 1. The Balaban J connectivity index is 1.90. The van der Waals surface area contributed by atoms with Crippen molar-refractivity contribution in [2.45, 2.75) is 31.9 Å². The van der Waals surface area contributed by atoms with Gasteiger partial charge in [0.2, 0.25) is 0 Å². The van der Waals surface area contributed by atoms with Gasteiger partial charge in [0, 0.05) is 11.3 Å². The molecule has 8 heteroatoms. The molecule has 2 N–H and O–H groups in total. The fourth-order valence-corrected chi connectivity index (χ4v) is 4.99. The van der Waals surface area contributed by atoms with Crippen LogP contribution in [0, 0.1) is 11.3 Å². The smallest absolute Gasteiger partial charge is 0.411 e. The van der Waals surface area contributed by atoms with Gasteiger partial charge in [0.25, 0.3) is 0 Å². The van der Waals surface area contributed by atoms with Crippen molar-refractivity contribution in [1.29, 1.82) is 0 Å². The summed E-state index contributed by atoms with van der Waals surface area (Å²) >= 11 is 0. The van der Waals surface area contributed by atoms with Crippen LogP contribution in [0.3, 0.4) is 0 Å². The van der Waals surface area contributed by atoms with Crippen molar-refractivity contribution in [2.75, 3.05) is 0 Å². The molecule has 3 aliphatic carbocycles. The molecule has 2 atom stereocenters. The van der Waals surface area contributed by atoms with E-state index < -0.39 is 17.2 Å². The molecule has 0 radical (unpaired) electrons. The van der Waals surface area contributed by atoms with E-state index >= 15 is 0 Å². The number of hydrogen-bond acceptors (Lipinski definition) is 4. The minimum Gasteiger partial charge on any atom is -0.411 e. The SMILES string of the molecule is O/N=C1/C(C(F)(F)F)=C2c3ccc4[nH]nnc4c3CC23CCC1C3. The summed E-state index contributed by atoms with van der Waals surface area (Å²) in [5.41, 5.74) is 1.55. The van der Waals surface area contributed by atoms with Gasteiger partial charge in [-0.2, -0.15) is 13.2 Å². The fourth-order valence-electron chi connectivity index (χ4n) is 4.99. The number of rotatable bonds is 0. The number of nitrogens with zero attached hydrogens (tertiary/aromatic N) is 3. The van der Waals surface area contributed by atoms with Crippen LogP contribution in [-0.4, -0.2) is 32.5 Å². The van der Waals surface area contributed by atoms with Crippen molar-refractivity contribution in [3.63, 3.8) is 0 Å². The molecule has 2 aromatic rings. The Morgan fingerprint density at radius 3 is 2.92 bits per heavy atom. The summed E-state index contributed by atoms with van der Waals surface area (Å²) in [4.78, 5) is 0. The highest BCUT2D eigenvalue weighted by atomic mass is 19.4. The summed E-state index contributed by atoms with van der Waals surface area (Å²) in [5, 5.41) is 22.9. The Bertz CT molecular complexity index is 942. The van der Waals surface area contributed by atoms with Gasteiger partial charge in [0.05, 0.1) is 16.8 Å². The van der Waals surface area contributed by atoms with Crippen molar-refractivity contribution < 1.29 is 18.4 Å². The maximum Gasteiger partial charge on any atom is 0.418 e. The van der Waals surface area contributed by atoms with Crippen LogP contribution in [0.5, 0.6) is 0 Å². The topological polar surface area (TPSA) is 74.2 Å². The largest absolute Gasteiger partial charge is 0.418 e. The second-order valence-electron chi connectivity index (χ2n) is 6.93. The number of aromatic nitrogens is 3. The second-order valence-corrected chi connectivity index (χ2v) is 6.93. The van der Waals surface area contributed by atoms with Crippen LogP contribution in [-0.2, 0) is 6.42 Å². The predicted molar refractivity (Wildman–Crippen MR) is 79.6 cm³/mol. The van der Waals surface area contributed by atoms with Gasteiger partial charge < -0.3 is 5.21 Å². The van der Waals surface area contributed by atoms with Gasteiger partial charge in [0.1, 0.15) is 5.52 Å². The van der Waals surface area contributed by atoms with Gasteiger partial charge in [0.15, 0.2) is 0 Å². The summed E-state index contributed by atoms with van der Waals surface area (Å²) in [5.74, 6) is -0.336. The van der Waals surface area contributed by atoms with Crippen LogP contribution in [0.4, 0.5) is 13.2 Å². The first-order valence-electron chi connectivity index (χ1n) is 7.82. The number of oxime groups is 1. The average Bonchev–Trinajstić information content (AvgIpc) is 3.21. The number of fused-ring (bicyclic) bond motifs is 5. The summed E-state index contributed by atoms with van der Waals surface area (Å²) in [6.07, 6.45) is -2.14. The molecule has 2 bridgehead atoms. The number of aromatic amines is 1. The van der Waals surface area contributed by atoms with Gasteiger partial charge in [-0.1, -0.05) is 16.4 Å². The van der Waals surface area contributed by atoms with E-state index in [4.69, 9.17) is 0 Å². The van der Waals surface area contributed by atoms with E-state index in [1.165, 1.54) is 0 Å². The van der Waals surface area contributed by atoms with E-state index in [1.54, 1.807) is 12.1 Å². The molecule has 1 saturated carbocycles. The van der Waals surface area contributed by atoms with Gasteiger partial charge in [-0.15, -0.1) is 5.10 Å². The van der Waals surface area contributed by atoms with Gasteiger partial charge in [-0.3, -0.25) is 5.10 Å². The molecule has 3 aliphatic rings. The molecule has 0 amide bonds. The highest BCUT2D eigenvalue weighted by Gasteiger charge is 2.59. The van der Waals surface area contributed by atoms with Crippen molar-refractivity contribution in [3.05, 3.63) is 28.8 Å². The number of halogens is 3. The van der Waals surface area contributed by atoms with E-state index in [0.717, 1.165) is 11.1 Å². The van der Waals surface area contributed by atoms with E-state index in [0.29, 0.717) is 36.8 Å². The van der Waals surface area contributed by atoms with Gasteiger partial charge >= 0.3 is 6.18 Å². The van der Waals surface area contributed by atoms with Crippen LogP contribution < -0.4 is 0 Å². The lowest BCUT2D eigenvalue weighted by Gasteiger charge is -2.34. The zero-order valence-electron chi connectivity index (χ0n) is 12.5. The van der Waals surface area contributed by atoms with Crippen LogP contribution in [0.2, 0.25) is 0 Å². The standard InChI is InChI=1S/C16H13F3N4O/c17-16(18,19)12-11-8-1-2-10-14(21-23-20-10)9(8)6-15(11)4-3-7(5-15)13(12)22-24/h1-2,7,24H,3-6H2,(H,20,21,23)/b22-13+. The minimum absolute atomic E-state index is 0.210. The molecule has 1 spiro atoms. The molecule has 0 aliphatic heterocycles. The van der Waals surface area contributed by atoms with E-state index in [1.807, 2.05) is 0 Å². The lowest BCUT2D eigenvalue weighted by atomic mass is 9.70. The molecule has 5 rings (SSSR count). The summed E-state index contributed by atoms with van der Waals surface area (Å²) in [6, 6.07) is 3.42. The molecule has 1 aromatic heterocycles. The molecule has 124 valence electrons. The van der Waals surface area contributed by atoms with Crippen molar-refractivity contribution in [2.24, 2.45) is 16.5 Å². The third kappa shape index (κ3) is 1.53. The fraction of sp³-hybridized carbons (Fsp3) is 0.438. The van der Waals surface area contributed by atoms with Crippen LogP contribution in [0.15, 0.2) is 22.9 Å². The Kier molecular flexibility index (Phi) is 2.43. The Morgan fingerprint density at radius 1 is 1.33 bits per heavy atom. The normalized spacial score (nSPS) is 30.3. The Morgan fingerprint density at radius 2 is 2.17 bits per heavy atom. The van der Waals surface area contributed by atoms with Crippen molar-refractivity contribution in [1.82, 2.24) is 15.4 Å². The maximum atomic E-state index is 13.9. The Hall–Kier alpha value is -2.38. The first kappa shape index (κ1) is 14.0. The average molecular weight is 334 g/mol. The monoisotopic (exact) mass is 334 g/mol. The van der Waals surface area contributed by atoms with Crippen molar-refractivity contribution >= 4 is 22.3 Å². The molecular formula is C16H13F3N4O. The van der Waals surface area contributed by atoms with Crippen molar-refractivity contribution in [3.8, 4) is 0 Å². The van der Waals surface area contributed by atoms with Crippen LogP contribution >= 0.6 is 0 Å². The summed E-state index contributed by atoms with van der Waals surface area (Å²) < 4.78 is 41.6. The number of alkyl halides is 3. The van der Waals surface area contributed by atoms with Gasteiger partial charge in [-0.25, -0.2) is 0 Å². The number of allylic oxidation sites excluding steroid dienone is 2. The molecular weight excluding hydrogens is 321 g/mol. The van der Waals surface area contributed by atoms with Crippen LogP contribution in [0.25, 0.3) is 16.6 Å². The van der Waals surface area contributed by atoms with Crippen LogP contribution in [0.1, 0.15) is 30.4 Å².